The molecule has 4 bridgehead atoms. The van der Waals surface area contributed by atoms with Crippen molar-refractivity contribution in [2.75, 3.05) is 0 Å². The van der Waals surface area contributed by atoms with Crippen LogP contribution in [0.5, 0.6) is 0 Å². The summed E-state index contributed by atoms with van der Waals surface area (Å²) in [6.45, 7) is 0. The Morgan fingerprint density at radius 3 is 1.21 bits per heavy atom. The van der Waals surface area contributed by atoms with Gasteiger partial charge in [-0.1, -0.05) is 0 Å². The highest BCUT2D eigenvalue weighted by molar-refractivity contribution is 5.91. The maximum Gasteiger partial charge on any atom is 0.139 e. The van der Waals surface area contributed by atoms with Crippen molar-refractivity contribution >= 4 is 11.6 Å². The van der Waals surface area contributed by atoms with Gasteiger partial charge in [0.2, 0.25) is 0 Å². The quantitative estimate of drug-likeness (QED) is 0.588. The highest BCUT2D eigenvalue weighted by atomic mass is 16.1. The summed E-state index contributed by atoms with van der Waals surface area (Å²) in [4.78, 5) is 24.0. The second-order valence-electron chi connectivity index (χ2n) is 5.22. The Balaban J connectivity index is 1.94. The molecule has 0 aromatic carbocycles. The summed E-state index contributed by atoms with van der Waals surface area (Å²) in [5, 5.41) is 0. The highest BCUT2D eigenvalue weighted by Crippen LogP contribution is 2.45. The lowest BCUT2D eigenvalue weighted by Crippen LogP contribution is -2.26. The number of fused-ring (bicyclic) bond motifs is 4. The summed E-state index contributed by atoms with van der Waals surface area (Å²) >= 11 is 0. The van der Waals surface area contributed by atoms with E-state index in [1.54, 1.807) is 0 Å². The molecule has 0 aromatic heterocycles. The van der Waals surface area contributed by atoms with Crippen molar-refractivity contribution in [3.63, 3.8) is 0 Å². The van der Waals surface area contributed by atoms with Gasteiger partial charge in [-0.15, -0.1) is 0 Å². The van der Waals surface area contributed by atoms with Crippen molar-refractivity contribution < 1.29 is 9.59 Å². The largest absolute Gasteiger partial charge is 0.299 e. The van der Waals surface area contributed by atoms with Crippen molar-refractivity contribution in [2.24, 2.45) is 23.7 Å². The molecule has 2 nitrogen and oxygen atoms in total. The van der Waals surface area contributed by atoms with Crippen LogP contribution in [0.3, 0.4) is 0 Å². The fraction of sp³-hybridized carbons (Fsp3) is 0.833. The van der Waals surface area contributed by atoms with Gasteiger partial charge in [-0.25, -0.2) is 0 Å². The number of carbonyl (C=O) groups is 2. The molecule has 3 aliphatic rings. The van der Waals surface area contributed by atoms with E-state index >= 15 is 0 Å². The number of rotatable bonds is 0. The lowest BCUT2D eigenvalue weighted by molar-refractivity contribution is -0.130. The van der Waals surface area contributed by atoms with Crippen molar-refractivity contribution in [3.8, 4) is 0 Å². The highest BCUT2D eigenvalue weighted by Gasteiger charge is 2.45. The molecule has 0 aromatic rings. The zero-order valence-electron chi connectivity index (χ0n) is 8.37. The minimum atomic E-state index is 0.244. The molecule has 3 rings (SSSR count). The van der Waals surface area contributed by atoms with Crippen LogP contribution >= 0.6 is 0 Å². The normalized spacial score (nSPS) is 46.6. The van der Waals surface area contributed by atoms with Crippen LogP contribution in [0, 0.1) is 23.7 Å². The SMILES string of the molecule is O=C1C2CCC(C2)C(=O)C2CCC1C2. The van der Waals surface area contributed by atoms with E-state index in [9.17, 15) is 9.59 Å². The van der Waals surface area contributed by atoms with Crippen LogP contribution in [0.25, 0.3) is 0 Å². The van der Waals surface area contributed by atoms with Crippen LogP contribution in [0.1, 0.15) is 38.5 Å². The van der Waals surface area contributed by atoms with Crippen LogP contribution in [0.15, 0.2) is 0 Å². The smallest absolute Gasteiger partial charge is 0.139 e. The fourth-order valence-corrected chi connectivity index (χ4v) is 3.66. The average molecular weight is 192 g/mol. The number of Topliss-reactive ketones (excluding diaryl/α,β-unsaturated/α-hetero) is 2. The van der Waals surface area contributed by atoms with Gasteiger partial charge in [0.05, 0.1) is 0 Å². The molecule has 3 aliphatic carbocycles. The molecule has 3 fully saturated rings. The van der Waals surface area contributed by atoms with Crippen molar-refractivity contribution in [3.05, 3.63) is 0 Å². The second kappa shape index (κ2) is 2.91. The molecule has 4 unspecified atom stereocenters. The van der Waals surface area contributed by atoms with Gasteiger partial charge in [0.25, 0.3) is 0 Å². The average Bonchev–Trinajstić information content (AvgIpc) is 2.84. The van der Waals surface area contributed by atoms with E-state index in [1.165, 1.54) is 0 Å². The lowest BCUT2D eigenvalue weighted by atomic mass is 9.83. The summed E-state index contributed by atoms with van der Waals surface area (Å²) in [5.41, 5.74) is 0. The van der Waals surface area contributed by atoms with Gasteiger partial charge in [0.1, 0.15) is 11.6 Å². The maximum atomic E-state index is 12.0. The molecule has 4 atom stereocenters. The predicted molar refractivity (Wildman–Crippen MR) is 51.7 cm³/mol. The zero-order chi connectivity index (χ0) is 9.71. The first-order chi connectivity index (χ1) is 6.75. The summed E-state index contributed by atoms with van der Waals surface area (Å²) in [6.07, 6.45) is 5.70. The Morgan fingerprint density at radius 1 is 0.643 bits per heavy atom. The van der Waals surface area contributed by atoms with E-state index in [2.05, 4.69) is 0 Å². The molecule has 76 valence electrons. The molecule has 0 heterocycles. The topological polar surface area (TPSA) is 34.1 Å². The van der Waals surface area contributed by atoms with Gasteiger partial charge in [-0.05, 0) is 38.5 Å². The molecule has 14 heavy (non-hydrogen) atoms. The summed E-state index contributed by atoms with van der Waals surface area (Å²) in [7, 11) is 0. The minimum Gasteiger partial charge on any atom is -0.299 e. The van der Waals surface area contributed by atoms with Gasteiger partial charge in [0.15, 0.2) is 0 Å². The first kappa shape index (κ1) is 8.63. The zero-order valence-corrected chi connectivity index (χ0v) is 8.37. The van der Waals surface area contributed by atoms with Crippen LogP contribution in [-0.4, -0.2) is 11.6 Å². The summed E-state index contributed by atoms with van der Waals surface area (Å²) < 4.78 is 0. The molecule has 0 aliphatic heterocycles. The van der Waals surface area contributed by atoms with E-state index in [-0.39, 0.29) is 23.7 Å². The van der Waals surface area contributed by atoms with Gasteiger partial charge in [-0.2, -0.15) is 0 Å². The van der Waals surface area contributed by atoms with Crippen LogP contribution < -0.4 is 0 Å². The minimum absolute atomic E-state index is 0.244. The summed E-state index contributed by atoms with van der Waals surface area (Å²) in [5.74, 6) is 1.95. The predicted octanol–water partition coefficient (Wildman–Crippen LogP) is 1.97. The third kappa shape index (κ3) is 1.09. The van der Waals surface area contributed by atoms with Crippen molar-refractivity contribution in [1.29, 1.82) is 0 Å². The third-order valence-corrected chi connectivity index (χ3v) is 4.47. The Kier molecular flexibility index (Phi) is 1.80. The lowest BCUT2D eigenvalue weighted by Gasteiger charge is -2.19. The van der Waals surface area contributed by atoms with Crippen molar-refractivity contribution in [2.45, 2.75) is 38.5 Å². The van der Waals surface area contributed by atoms with Gasteiger partial charge >= 0.3 is 0 Å². The number of hydrogen-bond acceptors (Lipinski definition) is 2. The molecule has 2 heteroatoms. The van der Waals surface area contributed by atoms with E-state index in [4.69, 9.17) is 0 Å². The Bertz CT molecular complexity index is 241. The number of carbonyl (C=O) groups excluding carboxylic acids is 2. The molecular weight excluding hydrogens is 176 g/mol. The Morgan fingerprint density at radius 2 is 0.929 bits per heavy atom. The van der Waals surface area contributed by atoms with Gasteiger partial charge in [-0.3, -0.25) is 9.59 Å². The number of ketones is 2. The van der Waals surface area contributed by atoms with Crippen molar-refractivity contribution in [1.82, 2.24) is 0 Å². The molecule has 0 saturated heterocycles. The molecular formula is C12H16O2. The first-order valence-corrected chi connectivity index (χ1v) is 5.83. The molecule has 0 spiro atoms. The van der Waals surface area contributed by atoms with Crippen LogP contribution in [0.4, 0.5) is 0 Å². The molecule has 0 N–H and O–H groups in total. The third-order valence-electron chi connectivity index (χ3n) is 4.47. The maximum absolute atomic E-state index is 12.0. The fourth-order valence-electron chi connectivity index (χ4n) is 3.66. The van der Waals surface area contributed by atoms with E-state index in [0.717, 1.165) is 38.5 Å². The number of hydrogen-bond donors (Lipinski definition) is 0. The van der Waals surface area contributed by atoms with Crippen LogP contribution in [0.2, 0.25) is 0 Å². The first-order valence-electron chi connectivity index (χ1n) is 5.83. The van der Waals surface area contributed by atoms with Gasteiger partial charge < -0.3 is 0 Å². The van der Waals surface area contributed by atoms with Gasteiger partial charge in [0, 0.05) is 23.7 Å². The molecule has 3 saturated carbocycles. The van der Waals surface area contributed by atoms with E-state index < -0.39 is 0 Å². The molecule has 0 radical (unpaired) electrons. The van der Waals surface area contributed by atoms with E-state index in [0.29, 0.717) is 11.6 Å². The Labute approximate surface area is 84.1 Å². The second-order valence-corrected chi connectivity index (χ2v) is 5.22. The van der Waals surface area contributed by atoms with E-state index in [1.807, 2.05) is 0 Å². The standard InChI is InChI=1S/C12H16O2/c13-11-7-1-2-8(5-7)12(14)10-4-3-9(11)6-10/h7-10H,1-6H2. The molecule has 0 amide bonds. The Hall–Kier alpha value is -0.660. The monoisotopic (exact) mass is 192 g/mol. The van der Waals surface area contributed by atoms with Crippen LogP contribution in [-0.2, 0) is 9.59 Å². The summed E-state index contributed by atoms with van der Waals surface area (Å²) in [6, 6.07) is 0.